The molecule has 2 heterocycles. The number of likely N-dealkylation sites (tertiary alicyclic amines) is 1. The number of aromatic nitrogens is 1. The van der Waals surface area contributed by atoms with E-state index in [1.54, 1.807) is 13.8 Å². The van der Waals surface area contributed by atoms with Crippen molar-refractivity contribution in [3.63, 3.8) is 0 Å². The molecule has 1 aromatic heterocycles. The van der Waals surface area contributed by atoms with Crippen LogP contribution in [0.4, 0.5) is 0 Å². The van der Waals surface area contributed by atoms with Gasteiger partial charge in [0.15, 0.2) is 0 Å². The Balaban J connectivity index is 2.12. The number of piperidine rings is 1. The van der Waals surface area contributed by atoms with Gasteiger partial charge in [-0.3, -0.25) is 4.79 Å². The summed E-state index contributed by atoms with van der Waals surface area (Å²) < 4.78 is 0. The molecule has 1 aromatic rings. The van der Waals surface area contributed by atoms with Crippen molar-refractivity contribution in [1.82, 2.24) is 15.2 Å². The zero-order valence-corrected chi connectivity index (χ0v) is 12.8. The fourth-order valence-electron chi connectivity index (χ4n) is 3.02. The maximum atomic E-state index is 12.4. The Hall–Kier alpha value is -1.82. The number of likely N-dealkylation sites (N-methyl/N-ethyl adjacent to an activating group) is 1. The lowest BCUT2D eigenvalue weighted by Crippen LogP contribution is -2.47. The van der Waals surface area contributed by atoms with Crippen LogP contribution < -0.4 is 5.32 Å². The highest BCUT2D eigenvalue weighted by Crippen LogP contribution is 2.19. The molecule has 6 nitrogen and oxygen atoms in total. The Kier molecular flexibility index (Phi) is 4.67. The SMILES string of the molecule is CCN1CCCC(NC(=O)c2c(C)[nH]c(C(=O)O)c2C)C1. The average Bonchev–Trinajstić information content (AvgIpc) is 2.74. The number of H-pyrrole nitrogens is 1. The third kappa shape index (κ3) is 3.26. The summed E-state index contributed by atoms with van der Waals surface area (Å²) in [5.41, 5.74) is 1.66. The fourth-order valence-corrected chi connectivity index (χ4v) is 3.02. The lowest BCUT2D eigenvalue weighted by atomic mass is 10.0. The summed E-state index contributed by atoms with van der Waals surface area (Å²) in [6.07, 6.45) is 2.04. The molecule has 116 valence electrons. The summed E-state index contributed by atoms with van der Waals surface area (Å²) in [6, 6.07) is 0.133. The molecule has 1 aliphatic heterocycles. The number of amides is 1. The van der Waals surface area contributed by atoms with E-state index < -0.39 is 5.97 Å². The number of hydrogen-bond acceptors (Lipinski definition) is 3. The minimum atomic E-state index is -1.04. The molecule has 1 unspecified atom stereocenters. The van der Waals surface area contributed by atoms with Gasteiger partial charge >= 0.3 is 5.97 Å². The largest absolute Gasteiger partial charge is 0.477 e. The summed E-state index contributed by atoms with van der Waals surface area (Å²) in [5, 5.41) is 12.1. The van der Waals surface area contributed by atoms with Crippen LogP contribution >= 0.6 is 0 Å². The van der Waals surface area contributed by atoms with Crippen molar-refractivity contribution in [3.8, 4) is 0 Å². The van der Waals surface area contributed by atoms with E-state index in [-0.39, 0.29) is 17.6 Å². The lowest BCUT2D eigenvalue weighted by molar-refractivity contribution is 0.0690. The Bertz CT molecular complexity index is 551. The lowest BCUT2D eigenvalue weighted by Gasteiger charge is -2.32. The van der Waals surface area contributed by atoms with Gasteiger partial charge in [-0.1, -0.05) is 6.92 Å². The van der Waals surface area contributed by atoms with Crippen LogP contribution in [0.2, 0.25) is 0 Å². The van der Waals surface area contributed by atoms with E-state index in [1.807, 2.05) is 0 Å². The van der Waals surface area contributed by atoms with Crippen molar-refractivity contribution in [3.05, 3.63) is 22.5 Å². The summed E-state index contributed by atoms with van der Waals surface area (Å²) in [4.78, 5) is 28.6. The molecule has 1 saturated heterocycles. The molecule has 21 heavy (non-hydrogen) atoms. The molecule has 1 aliphatic rings. The molecule has 2 rings (SSSR count). The van der Waals surface area contributed by atoms with Gasteiger partial charge in [0.05, 0.1) is 5.56 Å². The quantitative estimate of drug-likeness (QED) is 0.786. The van der Waals surface area contributed by atoms with Gasteiger partial charge < -0.3 is 20.3 Å². The second-order valence-electron chi connectivity index (χ2n) is 5.64. The Morgan fingerprint density at radius 3 is 2.71 bits per heavy atom. The monoisotopic (exact) mass is 293 g/mol. The minimum Gasteiger partial charge on any atom is -0.477 e. The van der Waals surface area contributed by atoms with E-state index in [9.17, 15) is 9.59 Å². The first-order valence-electron chi connectivity index (χ1n) is 7.39. The van der Waals surface area contributed by atoms with Crippen LogP contribution in [-0.2, 0) is 0 Å². The first kappa shape index (κ1) is 15.6. The number of hydrogen-bond donors (Lipinski definition) is 3. The normalized spacial score (nSPS) is 19.5. The molecule has 0 aliphatic carbocycles. The van der Waals surface area contributed by atoms with E-state index in [0.717, 1.165) is 32.5 Å². The van der Waals surface area contributed by atoms with Crippen LogP contribution in [-0.4, -0.2) is 52.5 Å². The average molecular weight is 293 g/mol. The molecule has 6 heteroatoms. The molecule has 1 fully saturated rings. The summed E-state index contributed by atoms with van der Waals surface area (Å²) in [6.45, 7) is 8.43. The molecule has 1 amide bonds. The number of aromatic amines is 1. The molecule has 0 spiro atoms. The van der Waals surface area contributed by atoms with Crippen LogP contribution in [0.1, 0.15) is 51.9 Å². The van der Waals surface area contributed by atoms with Crippen molar-refractivity contribution in [2.75, 3.05) is 19.6 Å². The standard InChI is InChI=1S/C15H23N3O3/c1-4-18-7-5-6-11(8-18)17-14(19)12-9(2)13(15(20)21)16-10(12)3/h11,16H,4-8H2,1-3H3,(H,17,19)(H,20,21). The highest BCUT2D eigenvalue weighted by molar-refractivity contribution is 6.00. The number of aryl methyl sites for hydroxylation is 1. The molecule has 3 N–H and O–H groups in total. The minimum absolute atomic E-state index is 0.0940. The maximum absolute atomic E-state index is 12.4. The highest BCUT2D eigenvalue weighted by Gasteiger charge is 2.25. The first-order chi connectivity index (χ1) is 9.93. The molecule has 0 aromatic carbocycles. The van der Waals surface area contributed by atoms with Gasteiger partial charge in [-0.05, 0) is 45.3 Å². The van der Waals surface area contributed by atoms with Crippen molar-refractivity contribution < 1.29 is 14.7 Å². The molecular weight excluding hydrogens is 270 g/mol. The molecule has 1 atom stereocenters. The van der Waals surface area contributed by atoms with E-state index >= 15 is 0 Å². The van der Waals surface area contributed by atoms with Gasteiger partial charge in [-0.15, -0.1) is 0 Å². The number of nitrogens with zero attached hydrogens (tertiary/aromatic N) is 1. The fraction of sp³-hybridized carbons (Fsp3) is 0.600. The van der Waals surface area contributed by atoms with Crippen LogP contribution in [0.25, 0.3) is 0 Å². The second kappa shape index (κ2) is 6.30. The predicted molar refractivity (Wildman–Crippen MR) is 79.8 cm³/mol. The van der Waals surface area contributed by atoms with Gasteiger partial charge in [0.1, 0.15) is 5.69 Å². The number of rotatable bonds is 4. The summed E-state index contributed by atoms with van der Waals surface area (Å²) in [5.74, 6) is -1.22. The Morgan fingerprint density at radius 1 is 1.43 bits per heavy atom. The topological polar surface area (TPSA) is 85.4 Å². The third-order valence-electron chi connectivity index (χ3n) is 4.17. The van der Waals surface area contributed by atoms with Crippen molar-refractivity contribution >= 4 is 11.9 Å². The molecule has 0 saturated carbocycles. The maximum Gasteiger partial charge on any atom is 0.352 e. The predicted octanol–water partition coefficient (Wildman–Crippen LogP) is 1.54. The highest BCUT2D eigenvalue weighted by atomic mass is 16.4. The number of carbonyl (C=O) groups excluding carboxylic acids is 1. The van der Waals surface area contributed by atoms with Gasteiger partial charge in [0.2, 0.25) is 0 Å². The molecule has 0 radical (unpaired) electrons. The van der Waals surface area contributed by atoms with Crippen LogP contribution in [0.5, 0.6) is 0 Å². The van der Waals surface area contributed by atoms with Gasteiger partial charge in [0.25, 0.3) is 5.91 Å². The zero-order valence-electron chi connectivity index (χ0n) is 12.8. The van der Waals surface area contributed by atoms with E-state index in [0.29, 0.717) is 16.8 Å². The van der Waals surface area contributed by atoms with E-state index in [2.05, 4.69) is 22.1 Å². The smallest absolute Gasteiger partial charge is 0.352 e. The first-order valence-corrected chi connectivity index (χ1v) is 7.39. The van der Waals surface area contributed by atoms with Crippen LogP contribution in [0, 0.1) is 13.8 Å². The van der Waals surface area contributed by atoms with E-state index in [4.69, 9.17) is 5.11 Å². The number of nitrogens with one attached hydrogen (secondary N) is 2. The molecular formula is C15H23N3O3. The zero-order chi connectivity index (χ0) is 15.6. The van der Waals surface area contributed by atoms with Gasteiger partial charge in [-0.25, -0.2) is 4.79 Å². The van der Waals surface area contributed by atoms with Crippen molar-refractivity contribution in [1.29, 1.82) is 0 Å². The number of carboxylic acids is 1. The summed E-state index contributed by atoms with van der Waals surface area (Å²) >= 11 is 0. The van der Waals surface area contributed by atoms with Gasteiger partial charge in [-0.2, -0.15) is 0 Å². The third-order valence-corrected chi connectivity index (χ3v) is 4.17. The van der Waals surface area contributed by atoms with Crippen molar-refractivity contribution in [2.45, 2.75) is 39.7 Å². The van der Waals surface area contributed by atoms with E-state index in [1.165, 1.54) is 0 Å². The van der Waals surface area contributed by atoms with Gasteiger partial charge in [0, 0.05) is 18.3 Å². The number of carboxylic acid groups (broad SMARTS) is 1. The second-order valence-corrected chi connectivity index (χ2v) is 5.64. The summed E-state index contributed by atoms with van der Waals surface area (Å²) in [7, 11) is 0. The van der Waals surface area contributed by atoms with Crippen LogP contribution in [0.3, 0.4) is 0 Å². The number of carbonyl (C=O) groups is 2. The van der Waals surface area contributed by atoms with Crippen molar-refractivity contribution in [2.24, 2.45) is 0 Å². The number of aromatic carboxylic acids is 1. The Morgan fingerprint density at radius 2 is 2.14 bits per heavy atom. The molecule has 0 bridgehead atoms. The Labute approximate surface area is 124 Å². The van der Waals surface area contributed by atoms with Crippen LogP contribution in [0.15, 0.2) is 0 Å².